The zero-order valence-electron chi connectivity index (χ0n) is 20.2. The second kappa shape index (κ2) is 10.6. The van der Waals surface area contributed by atoms with Crippen molar-refractivity contribution in [2.75, 3.05) is 17.6 Å². The van der Waals surface area contributed by atoms with E-state index in [0.29, 0.717) is 23.3 Å². The number of hydrogen-bond acceptors (Lipinski definition) is 5. The number of fused-ring (bicyclic) bond motifs is 1. The minimum Gasteiger partial charge on any atom is -0.465 e. The van der Waals surface area contributed by atoms with Crippen LogP contribution in [-0.4, -0.2) is 38.6 Å². The lowest BCUT2D eigenvalue weighted by Crippen LogP contribution is -2.37. The van der Waals surface area contributed by atoms with Crippen molar-refractivity contribution >= 4 is 40.1 Å². The quantitative estimate of drug-likeness (QED) is 0.234. The number of anilines is 2. The summed E-state index contributed by atoms with van der Waals surface area (Å²) in [4.78, 5) is 23.5. The van der Waals surface area contributed by atoms with Gasteiger partial charge in [0.2, 0.25) is 0 Å². The Morgan fingerprint density at radius 1 is 1.14 bits per heavy atom. The molecule has 0 unspecified atom stereocenters. The Bertz CT molecular complexity index is 1490. The molecule has 192 valence electrons. The summed E-state index contributed by atoms with van der Waals surface area (Å²) in [5, 5.41) is 23.8. The lowest BCUT2D eigenvalue weighted by molar-refractivity contribution is 0.183. The Hall–Kier alpha value is -3.98. The van der Waals surface area contributed by atoms with Crippen LogP contribution in [0.25, 0.3) is 22.0 Å². The number of pyridine rings is 1. The third kappa shape index (κ3) is 5.72. The van der Waals surface area contributed by atoms with Gasteiger partial charge in [-0.25, -0.2) is 4.79 Å². The van der Waals surface area contributed by atoms with E-state index in [-0.39, 0.29) is 11.6 Å². The van der Waals surface area contributed by atoms with Crippen molar-refractivity contribution < 1.29 is 9.90 Å². The van der Waals surface area contributed by atoms with Crippen LogP contribution in [0, 0.1) is 5.92 Å². The molecule has 5 rings (SSSR count). The SMILES string of the molecule is Nc1n[nH]c2cc(-c3ccc(=O)n(Cc4cccc(Cl)c4)c3)cc(NC[C@H]3CC[C@H](NC(=O)O)CC3)c12. The highest BCUT2D eigenvalue weighted by Crippen LogP contribution is 2.34. The van der Waals surface area contributed by atoms with Crippen LogP contribution in [0.3, 0.4) is 0 Å². The van der Waals surface area contributed by atoms with Gasteiger partial charge in [-0.15, -0.1) is 0 Å². The Balaban J connectivity index is 1.38. The van der Waals surface area contributed by atoms with Gasteiger partial charge < -0.3 is 26.0 Å². The van der Waals surface area contributed by atoms with Gasteiger partial charge in [0.1, 0.15) is 0 Å². The highest BCUT2D eigenvalue weighted by atomic mass is 35.5. The minimum absolute atomic E-state index is 0.0240. The monoisotopic (exact) mass is 520 g/mol. The lowest BCUT2D eigenvalue weighted by atomic mass is 9.86. The van der Waals surface area contributed by atoms with E-state index in [1.165, 1.54) is 0 Å². The highest BCUT2D eigenvalue weighted by molar-refractivity contribution is 6.30. The molecule has 1 aliphatic rings. The summed E-state index contributed by atoms with van der Waals surface area (Å²) in [7, 11) is 0. The number of H-pyrrole nitrogens is 1. The van der Waals surface area contributed by atoms with Crippen LogP contribution in [0.4, 0.5) is 16.3 Å². The third-order valence-electron chi connectivity index (χ3n) is 7.01. The van der Waals surface area contributed by atoms with Crippen LogP contribution in [0.1, 0.15) is 31.2 Å². The molecule has 0 aliphatic heterocycles. The molecule has 2 aromatic heterocycles. The smallest absolute Gasteiger partial charge is 0.404 e. The maximum absolute atomic E-state index is 12.6. The van der Waals surface area contributed by atoms with E-state index < -0.39 is 6.09 Å². The molecule has 0 radical (unpaired) electrons. The molecule has 0 atom stereocenters. The molecular formula is C27H29ClN6O3. The largest absolute Gasteiger partial charge is 0.465 e. The van der Waals surface area contributed by atoms with Gasteiger partial charge in [-0.2, -0.15) is 5.10 Å². The molecule has 37 heavy (non-hydrogen) atoms. The van der Waals surface area contributed by atoms with E-state index in [1.54, 1.807) is 10.6 Å². The predicted molar refractivity (Wildman–Crippen MR) is 146 cm³/mol. The van der Waals surface area contributed by atoms with Crippen molar-refractivity contribution in [3.63, 3.8) is 0 Å². The van der Waals surface area contributed by atoms with Gasteiger partial charge >= 0.3 is 6.09 Å². The van der Waals surface area contributed by atoms with Crippen molar-refractivity contribution in [1.82, 2.24) is 20.1 Å². The average molecular weight is 521 g/mol. The molecule has 10 heteroatoms. The van der Waals surface area contributed by atoms with Crippen LogP contribution in [0.15, 0.2) is 59.5 Å². The number of carbonyl (C=O) groups is 1. The number of hydrogen-bond donors (Lipinski definition) is 5. The Morgan fingerprint density at radius 2 is 1.95 bits per heavy atom. The molecular weight excluding hydrogens is 492 g/mol. The summed E-state index contributed by atoms with van der Waals surface area (Å²) in [5.41, 5.74) is 10.5. The molecule has 0 saturated heterocycles. The molecule has 0 spiro atoms. The van der Waals surface area contributed by atoms with Gasteiger partial charge in [0.15, 0.2) is 5.82 Å². The number of nitrogens with one attached hydrogen (secondary N) is 3. The molecule has 9 nitrogen and oxygen atoms in total. The number of aromatic nitrogens is 3. The number of amides is 1. The van der Waals surface area contributed by atoms with Crippen LogP contribution in [0.5, 0.6) is 0 Å². The summed E-state index contributed by atoms with van der Waals surface area (Å²) in [6, 6.07) is 14.9. The first-order chi connectivity index (χ1) is 17.9. The molecule has 1 amide bonds. The minimum atomic E-state index is -0.963. The molecule has 2 aromatic carbocycles. The van der Waals surface area contributed by atoms with Gasteiger partial charge in [0.05, 0.1) is 17.4 Å². The predicted octanol–water partition coefficient (Wildman–Crippen LogP) is 4.91. The number of nitrogen functional groups attached to an aromatic ring is 1. The number of benzene rings is 2. The van der Waals surface area contributed by atoms with Crippen LogP contribution in [0.2, 0.25) is 5.02 Å². The number of nitrogens with zero attached hydrogens (tertiary/aromatic N) is 2. The van der Waals surface area contributed by atoms with Crippen molar-refractivity contribution in [3.05, 3.63) is 75.7 Å². The molecule has 4 aromatic rings. The van der Waals surface area contributed by atoms with Gasteiger partial charge in [-0.3, -0.25) is 9.89 Å². The number of halogens is 1. The average Bonchev–Trinajstić information content (AvgIpc) is 3.25. The first-order valence-corrected chi connectivity index (χ1v) is 12.7. The zero-order valence-corrected chi connectivity index (χ0v) is 21.0. The molecule has 1 aliphatic carbocycles. The van der Waals surface area contributed by atoms with Crippen LogP contribution >= 0.6 is 11.6 Å². The molecule has 0 bridgehead atoms. The van der Waals surface area contributed by atoms with E-state index in [2.05, 4.69) is 20.8 Å². The van der Waals surface area contributed by atoms with Crippen molar-refractivity contribution in [3.8, 4) is 11.1 Å². The fraction of sp³-hybridized carbons (Fsp3) is 0.296. The standard InChI is InChI=1S/C27H29ClN6O3/c28-20-3-1-2-17(10-20)14-34-15-18(6-9-24(34)35)19-11-22(25-23(12-19)32-33-26(25)29)30-13-16-4-7-21(8-5-16)31-27(36)37/h1-3,6,9-12,15-16,21,30-31H,4-5,7-8,13-14H2,(H,36,37)(H3,29,32,33)/t16-,21-. The molecule has 1 fully saturated rings. The van der Waals surface area contributed by atoms with E-state index in [9.17, 15) is 9.59 Å². The Labute approximate surface area is 218 Å². The normalized spacial score (nSPS) is 17.5. The first kappa shape index (κ1) is 24.7. The number of aromatic amines is 1. The van der Waals surface area contributed by atoms with Gasteiger partial charge in [0.25, 0.3) is 5.56 Å². The highest BCUT2D eigenvalue weighted by Gasteiger charge is 2.22. The van der Waals surface area contributed by atoms with E-state index in [4.69, 9.17) is 22.4 Å². The zero-order chi connectivity index (χ0) is 25.9. The Morgan fingerprint density at radius 3 is 2.70 bits per heavy atom. The van der Waals surface area contributed by atoms with Gasteiger partial charge in [-0.05, 0) is 78.6 Å². The summed E-state index contributed by atoms with van der Waals surface area (Å²) in [5.74, 6) is 0.850. The Kier molecular flexibility index (Phi) is 7.05. The number of nitrogens with two attached hydrogens (primary N) is 1. The van der Waals surface area contributed by atoms with Gasteiger partial charge in [-0.1, -0.05) is 23.7 Å². The molecule has 2 heterocycles. The van der Waals surface area contributed by atoms with E-state index in [1.807, 2.05) is 48.7 Å². The van der Waals surface area contributed by atoms with Crippen LogP contribution in [-0.2, 0) is 6.54 Å². The second-order valence-electron chi connectivity index (χ2n) is 9.62. The first-order valence-electron chi connectivity index (χ1n) is 12.3. The van der Waals surface area contributed by atoms with Crippen molar-refractivity contribution in [2.24, 2.45) is 5.92 Å². The number of rotatable bonds is 7. The molecule has 6 N–H and O–H groups in total. The topological polar surface area (TPSA) is 138 Å². The third-order valence-corrected chi connectivity index (χ3v) is 7.24. The maximum Gasteiger partial charge on any atom is 0.404 e. The van der Waals surface area contributed by atoms with Crippen LogP contribution < -0.4 is 21.9 Å². The van der Waals surface area contributed by atoms with Crippen molar-refractivity contribution in [2.45, 2.75) is 38.3 Å². The molecule has 1 saturated carbocycles. The maximum atomic E-state index is 12.6. The number of carboxylic acid groups (broad SMARTS) is 1. The van der Waals surface area contributed by atoms with E-state index in [0.717, 1.165) is 65.5 Å². The summed E-state index contributed by atoms with van der Waals surface area (Å²) in [6.45, 7) is 1.16. The van der Waals surface area contributed by atoms with E-state index >= 15 is 0 Å². The summed E-state index contributed by atoms with van der Waals surface area (Å²) >= 11 is 6.13. The van der Waals surface area contributed by atoms with Crippen molar-refractivity contribution in [1.29, 1.82) is 0 Å². The fourth-order valence-corrected chi connectivity index (χ4v) is 5.30. The fourth-order valence-electron chi connectivity index (χ4n) is 5.09. The lowest BCUT2D eigenvalue weighted by Gasteiger charge is -2.28. The summed E-state index contributed by atoms with van der Waals surface area (Å²) < 4.78 is 1.67. The van der Waals surface area contributed by atoms with Gasteiger partial charge in [0, 0.05) is 35.6 Å². The second-order valence-corrected chi connectivity index (χ2v) is 10.1. The summed E-state index contributed by atoms with van der Waals surface area (Å²) in [6.07, 6.45) is 4.43.